The number of aromatic nitrogens is 2. The highest BCUT2D eigenvalue weighted by Crippen LogP contribution is 2.21. The molecule has 0 N–H and O–H groups in total. The number of likely N-dealkylation sites (tertiary alicyclic amines) is 1. The molecule has 0 saturated carbocycles. The number of ether oxygens (including phenoxy) is 1. The van der Waals surface area contributed by atoms with Crippen molar-refractivity contribution >= 4 is 5.91 Å². The first-order valence-corrected chi connectivity index (χ1v) is 9.92. The number of carbonyl (C=O) groups is 1. The number of hydrogen-bond acceptors (Lipinski definition) is 4. The van der Waals surface area contributed by atoms with Crippen molar-refractivity contribution in [3.05, 3.63) is 54.1 Å². The van der Waals surface area contributed by atoms with Gasteiger partial charge in [-0.05, 0) is 31.5 Å². The summed E-state index contributed by atoms with van der Waals surface area (Å²) in [5, 5.41) is 0. The zero-order valence-corrected chi connectivity index (χ0v) is 15.8. The van der Waals surface area contributed by atoms with Gasteiger partial charge in [-0.15, -0.1) is 0 Å². The van der Waals surface area contributed by atoms with E-state index in [0.29, 0.717) is 19.1 Å². The number of carbonyl (C=O) groups excluding carboxylic acids is 1. The molecule has 0 spiro atoms. The first-order valence-electron chi connectivity index (χ1n) is 9.92. The molecule has 0 aliphatic carbocycles. The van der Waals surface area contributed by atoms with Crippen LogP contribution in [0.25, 0.3) is 0 Å². The van der Waals surface area contributed by atoms with Gasteiger partial charge in [-0.1, -0.05) is 30.3 Å². The lowest BCUT2D eigenvalue weighted by Crippen LogP contribution is -2.46. The Labute approximate surface area is 160 Å². The van der Waals surface area contributed by atoms with Crippen molar-refractivity contribution in [1.29, 1.82) is 0 Å². The summed E-state index contributed by atoms with van der Waals surface area (Å²) >= 11 is 0. The van der Waals surface area contributed by atoms with Crippen molar-refractivity contribution in [2.24, 2.45) is 5.92 Å². The van der Waals surface area contributed by atoms with Gasteiger partial charge in [0.25, 0.3) is 0 Å². The minimum Gasteiger partial charge on any atom is -0.378 e. The summed E-state index contributed by atoms with van der Waals surface area (Å²) in [6.07, 6.45) is 5.81. The van der Waals surface area contributed by atoms with Crippen LogP contribution in [0.4, 0.5) is 0 Å². The maximum absolute atomic E-state index is 12.7. The van der Waals surface area contributed by atoms with Crippen LogP contribution in [-0.2, 0) is 22.6 Å². The second-order valence-electron chi connectivity index (χ2n) is 7.45. The van der Waals surface area contributed by atoms with Gasteiger partial charge in [-0.25, -0.2) is 4.98 Å². The van der Waals surface area contributed by atoms with Crippen LogP contribution < -0.4 is 0 Å². The smallest absolute Gasteiger partial charge is 0.225 e. The van der Waals surface area contributed by atoms with Crippen LogP contribution >= 0.6 is 0 Å². The average Bonchev–Trinajstić information content (AvgIpc) is 3.16. The SMILES string of the molecule is O=C(C1CCN(Cc2nccn2Cc2ccccc2)CC1)N1CCOCC1. The highest BCUT2D eigenvalue weighted by Gasteiger charge is 2.29. The number of benzene rings is 1. The van der Waals surface area contributed by atoms with E-state index >= 15 is 0 Å². The summed E-state index contributed by atoms with van der Waals surface area (Å²) in [5.41, 5.74) is 1.28. The van der Waals surface area contributed by atoms with Crippen LogP contribution in [-0.4, -0.2) is 64.7 Å². The molecule has 1 amide bonds. The second-order valence-corrected chi connectivity index (χ2v) is 7.45. The standard InChI is InChI=1S/C21H28N4O2/c26-21(24-12-14-27-15-13-24)19-6-9-23(10-7-19)17-20-22-8-11-25(20)16-18-4-2-1-3-5-18/h1-5,8,11,19H,6-7,9-10,12-17H2. The van der Waals surface area contributed by atoms with Gasteiger partial charge in [0.1, 0.15) is 5.82 Å². The topological polar surface area (TPSA) is 50.6 Å². The van der Waals surface area contributed by atoms with E-state index < -0.39 is 0 Å². The van der Waals surface area contributed by atoms with E-state index in [1.165, 1.54) is 5.56 Å². The largest absolute Gasteiger partial charge is 0.378 e. The lowest BCUT2D eigenvalue weighted by molar-refractivity contribution is -0.141. The van der Waals surface area contributed by atoms with Crippen LogP contribution in [0.5, 0.6) is 0 Å². The Morgan fingerprint density at radius 3 is 2.52 bits per heavy atom. The van der Waals surface area contributed by atoms with E-state index in [-0.39, 0.29) is 5.92 Å². The van der Waals surface area contributed by atoms with Crippen molar-refractivity contribution in [3.8, 4) is 0 Å². The Morgan fingerprint density at radius 1 is 1.04 bits per heavy atom. The molecule has 2 aliphatic rings. The molecular weight excluding hydrogens is 340 g/mol. The molecule has 1 aromatic carbocycles. The fraction of sp³-hybridized carbons (Fsp3) is 0.524. The lowest BCUT2D eigenvalue weighted by Gasteiger charge is -2.35. The quantitative estimate of drug-likeness (QED) is 0.810. The molecule has 0 atom stereocenters. The molecule has 2 saturated heterocycles. The second kappa shape index (κ2) is 8.67. The van der Waals surface area contributed by atoms with Crippen LogP contribution in [0.1, 0.15) is 24.2 Å². The fourth-order valence-corrected chi connectivity index (χ4v) is 4.00. The third-order valence-electron chi connectivity index (χ3n) is 5.62. The molecule has 144 valence electrons. The van der Waals surface area contributed by atoms with Crippen LogP contribution in [0.15, 0.2) is 42.7 Å². The van der Waals surface area contributed by atoms with Gasteiger partial charge >= 0.3 is 0 Å². The van der Waals surface area contributed by atoms with E-state index in [1.54, 1.807) is 0 Å². The third kappa shape index (κ3) is 4.57. The maximum atomic E-state index is 12.7. The predicted octanol–water partition coefficient (Wildman–Crippen LogP) is 2.00. The number of piperidine rings is 1. The third-order valence-corrected chi connectivity index (χ3v) is 5.62. The number of morpholine rings is 1. The van der Waals surface area contributed by atoms with Crippen molar-refractivity contribution in [2.75, 3.05) is 39.4 Å². The Hall–Kier alpha value is -2.18. The lowest BCUT2D eigenvalue weighted by atomic mass is 9.95. The monoisotopic (exact) mass is 368 g/mol. The van der Waals surface area contributed by atoms with Gasteiger partial charge in [0, 0.05) is 37.9 Å². The highest BCUT2D eigenvalue weighted by atomic mass is 16.5. The van der Waals surface area contributed by atoms with E-state index in [2.05, 4.69) is 44.9 Å². The molecule has 0 unspecified atom stereocenters. The predicted molar refractivity (Wildman–Crippen MR) is 103 cm³/mol. The Bertz CT molecular complexity index is 732. The number of amides is 1. The normalized spacial score (nSPS) is 19.3. The van der Waals surface area contributed by atoms with Gasteiger partial charge in [-0.2, -0.15) is 0 Å². The molecule has 6 heteroatoms. The molecule has 6 nitrogen and oxygen atoms in total. The van der Waals surface area contributed by atoms with Gasteiger partial charge < -0.3 is 14.2 Å². The molecule has 27 heavy (non-hydrogen) atoms. The summed E-state index contributed by atoms with van der Waals surface area (Å²) in [7, 11) is 0. The van der Waals surface area contributed by atoms with Gasteiger partial charge in [0.2, 0.25) is 5.91 Å². The summed E-state index contributed by atoms with van der Waals surface area (Å²) in [5.74, 6) is 1.59. The number of imidazole rings is 1. The first kappa shape index (κ1) is 18.2. The van der Waals surface area contributed by atoms with Crippen molar-refractivity contribution < 1.29 is 9.53 Å². The van der Waals surface area contributed by atoms with Gasteiger partial charge in [0.15, 0.2) is 0 Å². The van der Waals surface area contributed by atoms with E-state index in [9.17, 15) is 4.79 Å². The minimum atomic E-state index is 0.170. The van der Waals surface area contributed by atoms with Crippen molar-refractivity contribution in [2.45, 2.75) is 25.9 Å². The Kier molecular flexibility index (Phi) is 5.84. The van der Waals surface area contributed by atoms with E-state index in [1.807, 2.05) is 17.2 Å². The summed E-state index contributed by atoms with van der Waals surface area (Å²) < 4.78 is 7.58. The van der Waals surface area contributed by atoms with Gasteiger partial charge in [0.05, 0.1) is 19.8 Å². The Balaban J connectivity index is 1.30. The highest BCUT2D eigenvalue weighted by molar-refractivity contribution is 5.79. The molecule has 1 aromatic heterocycles. The van der Waals surface area contributed by atoms with Gasteiger partial charge in [-0.3, -0.25) is 9.69 Å². The molecule has 2 aromatic rings. The van der Waals surface area contributed by atoms with E-state index in [0.717, 1.165) is 57.9 Å². The summed E-state index contributed by atoms with van der Waals surface area (Å²) in [6.45, 7) is 6.45. The molecule has 4 rings (SSSR count). The zero-order chi connectivity index (χ0) is 18.5. The van der Waals surface area contributed by atoms with Crippen molar-refractivity contribution in [1.82, 2.24) is 19.4 Å². The van der Waals surface area contributed by atoms with Crippen LogP contribution in [0.3, 0.4) is 0 Å². The molecule has 3 heterocycles. The first-order chi connectivity index (χ1) is 13.3. The number of nitrogens with zero attached hydrogens (tertiary/aromatic N) is 4. The van der Waals surface area contributed by atoms with Crippen molar-refractivity contribution in [3.63, 3.8) is 0 Å². The van der Waals surface area contributed by atoms with E-state index in [4.69, 9.17) is 4.74 Å². The molecule has 0 radical (unpaired) electrons. The Morgan fingerprint density at radius 2 is 1.78 bits per heavy atom. The van der Waals surface area contributed by atoms with Crippen LogP contribution in [0.2, 0.25) is 0 Å². The average molecular weight is 368 g/mol. The maximum Gasteiger partial charge on any atom is 0.225 e. The van der Waals surface area contributed by atoms with Crippen LogP contribution in [0, 0.1) is 5.92 Å². The molecule has 2 fully saturated rings. The minimum absolute atomic E-state index is 0.170. The molecular formula is C21H28N4O2. The molecule has 0 bridgehead atoms. The summed E-state index contributed by atoms with van der Waals surface area (Å²) in [6, 6.07) is 10.5. The number of rotatable bonds is 5. The number of hydrogen-bond donors (Lipinski definition) is 0. The fourth-order valence-electron chi connectivity index (χ4n) is 4.00. The zero-order valence-electron chi connectivity index (χ0n) is 15.8. The summed E-state index contributed by atoms with van der Waals surface area (Å²) in [4.78, 5) is 21.6. The molecule has 2 aliphatic heterocycles.